The van der Waals surface area contributed by atoms with E-state index in [0.717, 1.165) is 58.6 Å². The number of carbonyl (C=O) groups is 1. The summed E-state index contributed by atoms with van der Waals surface area (Å²) in [6.07, 6.45) is 3.14. The van der Waals surface area contributed by atoms with Crippen LogP contribution in [0.15, 0.2) is 0 Å². The molecule has 0 spiro atoms. The highest BCUT2D eigenvalue weighted by molar-refractivity contribution is 5.73. The lowest BCUT2D eigenvalue weighted by Crippen LogP contribution is -2.53. The van der Waals surface area contributed by atoms with E-state index >= 15 is 0 Å². The summed E-state index contributed by atoms with van der Waals surface area (Å²) in [5.74, 6) is -0.113. The zero-order valence-corrected chi connectivity index (χ0v) is 12.8. The van der Waals surface area contributed by atoms with Gasteiger partial charge in [0.2, 0.25) is 0 Å². The third-order valence-electron chi connectivity index (χ3n) is 4.79. The maximum atomic E-state index is 11.5. The molecule has 2 rings (SSSR count). The summed E-state index contributed by atoms with van der Waals surface area (Å²) in [6.45, 7) is 9.69. The first-order valence-electron chi connectivity index (χ1n) is 7.94. The molecule has 2 fully saturated rings. The van der Waals surface area contributed by atoms with Gasteiger partial charge in [-0.15, -0.1) is 0 Å². The monoisotopic (exact) mass is 284 g/mol. The lowest BCUT2D eigenvalue weighted by molar-refractivity contribution is -0.147. The van der Waals surface area contributed by atoms with Gasteiger partial charge in [-0.2, -0.15) is 0 Å². The fourth-order valence-corrected chi connectivity index (χ4v) is 3.37. The van der Waals surface area contributed by atoms with E-state index in [1.807, 2.05) is 0 Å². The van der Waals surface area contributed by atoms with Crippen LogP contribution >= 0.6 is 0 Å². The zero-order chi connectivity index (χ0) is 14.5. The molecule has 3 unspecified atom stereocenters. The fourth-order valence-electron chi connectivity index (χ4n) is 3.37. The van der Waals surface area contributed by atoms with Gasteiger partial charge in [0.25, 0.3) is 0 Å². The van der Waals surface area contributed by atoms with Crippen LogP contribution in [0.2, 0.25) is 0 Å². The van der Waals surface area contributed by atoms with Gasteiger partial charge < -0.3 is 9.84 Å². The first-order chi connectivity index (χ1) is 9.63. The van der Waals surface area contributed by atoms with Gasteiger partial charge in [-0.25, -0.2) is 0 Å². The number of hydrogen-bond acceptors (Lipinski definition) is 4. The second-order valence-electron chi connectivity index (χ2n) is 6.03. The van der Waals surface area contributed by atoms with Gasteiger partial charge in [-0.1, -0.05) is 20.3 Å². The largest absolute Gasteiger partial charge is 0.480 e. The lowest BCUT2D eigenvalue weighted by Gasteiger charge is -2.40. The SMILES string of the molecule is CCC1CCN(CC2CN(CC)CCO2)C(C(=O)O)C1. The van der Waals surface area contributed by atoms with Gasteiger partial charge in [0.1, 0.15) is 6.04 Å². The number of morpholine rings is 1. The van der Waals surface area contributed by atoms with Gasteiger partial charge in [0, 0.05) is 19.6 Å². The van der Waals surface area contributed by atoms with Gasteiger partial charge >= 0.3 is 5.97 Å². The summed E-state index contributed by atoms with van der Waals surface area (Å²) in [5, 5.41) is 9.46. The van der Waals surface area contributed by atoms with Crippen LogP contribution < -0.4 is 0 Å². The molecule has 0 saturated carbocycles. The van der Waals surface area contributed by atoms with Crippen molar-refractivity contribution in [2.24, 2.45) is 5.92 Å². The molecule has 0 aromatic carbocycles. The van der Waals surface area contributed by atoms with Crippen molar-refractivity contribution in [3.8, 4) is 0 Å². The van der Waals surface area contributed by atoms with Crippen LogP contribution in [-0.4, -0.2) is 72.4 Å². The minimum atomic E-state index is -0.675. The first kappa shape index (κ1) is 15.7. The molecule has 2 heterocycles. The van der Waals surface area contributed by atoms with Crippen molar-refractivity contribution in [1.29, 1.82) is 0 Å². The highest BCUT2D eigenvalue weighted by Gasteiger charge is 2.34. The minimum Gasteiger partial charge on any atom is -0.480 e. The van der Waals surface area contributed by atoms with Crippen molar-refractivity contribution in [2.75, 3.05) is 39.3 Å². The van der Waals surface area contributed by atoms with Crippen molar-refractivity contribution in [3.05, 3.63) is 0 Å². The van der Waals surface area contributed by atoms with Gasteiger partial charge in [0.15, 0.2) is 0 Å². The Morgan fingerprint density at radius 1 is 1.35 bits per heavy atom. The van der Waals surface area contributed by atoms with E-state index in [0.29, 0.717) is 5.92 Å². The van der Waals surface area contributed by atoms with E-state index in [4.69, 9.17) is 4.74 Å². The second kappa shape index (κ2) is 7.38. The van der Waals surface area contributed by atoms with Crippen LogP contribution in [-0.2, 0) is 9.53 Å². The van der Waals surface area contributed by atoms with Crippen molar-refractivity contribution >= 4 is 5.97 Å². The third kappa shape index (κ3) is 3.93. The van der Waals surface area contributed by atoms with E-state index < -0.39 is 5.97 Å². The Labute approximate surface area is 121 Å². The predicted molar refractivity (Wildman–Crippen MR) is 77.9 cm³/mol. The van der Waals surface area contributed by atoms with Gasteiger partial charge in [0.05, 0.1) is 12.7 Å². The minimum absolute atomic E-state index is 0.156. The zero-order valence-electron chi connectivity index (χ0n) is 12.8. The Balaban J connectivity index is 1.91. The van der Waals surface area contributed by atoms with E-state index in [9.17, 15) is 9.90 Å². The van der Waals surface area contributed by atoms with Crippen LogP contribution in [0, 0.1) is 5.92 Å². The fraction of sp³-hybridized carbons (Fsp3) is 0.933. The first-order valence-corrected chi connectivity index (χ1v) is 7.94. The van der Waals surface area contributed by atoms with Crippen LogP contribution in [0.3, 0.4) is 0 Å². The number of rotatable bonds is 5. The average molecular weight is 284 g/mol. The normalized spacial score (nSPS) is 33.2. The average Bonchev–Trinajstić information content (AvgIpc) is 2.47. The van der Waals surface area contributed by atoms with E-state index in [1.165, 1.54) is 0 Å². The molecule has 0 aromatic rings. The van der Waals surface area contributed by atoms with Gasteiger partial charge in [-0.05, 0) is 31.8 Å². The Morgan fingerprint density at radius 2 is 2.15 bits per heavy atom. The molecular formula is C15H28N2O3. The number of carboxylic acids is 1. The molecule has 2 aliphatic heterocycles. The van der Waals surface area contributed by atoms with E-state index in [-0.39, 0.29) is 12.1 Å². The van der Waals surface area contributed by atoms with Crippen LogP contribution in [0.5, 0.6) is 0 Å². The Kier molecular flexibility index (Phi) is 5.81. The van der Waals surface area contributed by atoms with Crippen LogP contribution in [0.4, 0.5) is 0 Å². The lowest BCUT2D eigenvalue weighted by atomic mass is 9.88. The molecular weight excluding hydrogens is 256 g/mol. The van der Waals surface area contributed by atoms with Crippen molar-refractivity contribution in [3.63, 3.8) is 0 Å². The number of hydrogen-bond donors (Lipinski definition) is 1. The number of likely N-dealkylation sites (N-methyl/N-ethyl adjacent to an activating group) is 1. The summed E-state index contributed by atoms with van der Waals surface area (Å²) in [6, 6.07) is -0.325. The van der Waals surface area contributed by atoms with Crippen LogP contribution in [0.25, 0.3) is 0 Å². The molecule has 20 heavy (non-hydrogen) atoms. The molecule has 5 heteroatoms. The second-order valence-corrected chi connectivity index (χ2v) is 6.03. The number of nitrogens with zero attached hydrogens (tertiary/aromatic N) is 2. The number of likely N-dealkylation sites (tertiary alicyclic amines) is 1. The molecule has 0 aromatic heterocycles. The summed E-state index contributed by atoms with van der Waals surface area (Å²) in [5.41, 5.74) is 0. The van der Waals surface area contributed by atoms with E-state index in [2.05, 4.69) is 23.6 Å². The topological polar surface area (TPSA) is 53.0 Å². The van der Waals surface area contributed by atoms with Crippen molar-refractivity contribution in [1.82, 2.24) is 9.80 Å². The number of carboxylic acid groups (broad SMARTS) is 1. The Hall–Kier alpha value is -0.650. The summed E-state index contributed by atoms with van der Waals surface area (Å²) < 4.78 is 5.82. The quantitative estimate of drug-likeness (QED) is 0.824. The molecule has 116 valence electrons. The smallest absolute Gasteiger partial charge is 0.320 e. The Morgan fingerprint density at radius 3 is 2.80 bits per heavy atom. The summed E-state index contributed by atoms with van der Waals surface area (Å²) in [7, 11) is 0. The number of ether oxygens (including phenoxy) is 1. The molecule has 5 nitrogen and oxygen atoms in total. The summed E-state index contributed by atoms with van der Waals surface area (Å²) >= 11 is 0. The standard InChI is InChI=1S/C15H28N2O3/c1-3-12-5-6-17(14(9-12)15(18)19)11-13-10-16(4-2)7-8-20-13/h12-14H,3-11H2,1-2H3,(H,18,19). The van der Waals surface area contributed by atoms with Crippen molar-refractivity contribution < 1.29 is 14.6 Å². The molecule has 0 radical (unpaired) electrons. The molecule has 1 N–H and O–H groups in total. The molecule has 0 bridgehead atoms. The highest BCUT2D eigenvalue weighted by atomic mass is 16.5. The van der Waals surface area contributed by atoms with E-state index in [1.54, 1.807) is 0 Å². The third-order valence-corrected chi connectivity index (χ3v) is 4.79. The molecule has 2 aliphatic rings. The number of aliphatic carboxylic acids is 1. The maximum absolute atomic E-state index is 11.5. The Bertz CT molecular complexity index is 324. The van der Waals surface area contributed by atoms with Crippen molar-refractivity contribution in [2.45, 2.75) is 45.3 Å². The molecule has 3 atom stereocenters. The van der Waals surface area contributed by atoms with Gasteiger partial charge in [-0.3, -0.25) is 14.6 Å². The predicted octanol–water partition coefficient (Wildman–Crippen LogP) is 1.28. The summed E-state index contributed by atoms with van der Waals surface area (Å²) in [4.78, 5) is 16.0. The maximum Gasteiger partial charge on any atom is 0.320 e. The molecule has 0 aliphatic carbocycles. The molecule has 2 saturated heterocycles. The van der Waals surface area contributed by atoms with Crippen LogP contribution in [0.1, 0.15) is 33.1 Å². The molecule has 0 amide bonds. The highest BCUT2D eigenvalue weighted by Crippen LogP contribution is 2.26. The number of piperidine rings is 1.